The van der Waals surface area contributed by atoms with Gasteiger partial charge in [-0.3, -0.25) is 0 Å². The zero-order valence-corrected chi connectivity index (χ0v) is 28.9. The molecule has 0 aliphatic rings. The molecule has 4 aromatic rings. The highest BCUT2D eigenvalue weighted by molar-refractivity contribution is 6.16. The van der Waals surface area contributed by atoms with Gasteiger partial charge in [0.2, 0.25) is 0 Å². The number of benzene rings is 4. The smallest absolute Gasteiger partial charge is 0.412 e. The van der Waals surface area contributed by atoms with Crippen LogP contribution in [0.5, 0.6) is 11.5 Å². The van der Waals surface area contributed by atoms with E-state index in [4.69, 9.17) is 28.4 Å². The summed E-state index contributed by atoms with van der Waals surface area (Å²) in [6.45, 7) is 9.22. The third kappa shape index (κ3) is 8.90. The zero-order chi connectivity index (χ0) is 37.9. The van der Waals surface area contributed by atoms with Crippen LogP contribution in [-0.4, -0.2) is 76.6 Å². The minimum absolute atomic E-state index is 0.0856. The average Bonchev–Trinajstić information content (AvgIpc) is 3.13. The van der Waals surface area contributed by atoms with Crippen molar-refractivity contribution in [3.8, 4) is 22.6 Å². The lowest BCUT2D eigenvalue weighted by molar-refractivity contribution is -0.139. The van der Waals surface area contributed by atoms with E-state index < -0.39 is 36.1 Å². The van der Waals surface area contributed by atoms with E-state index in [0.29, 0.717) is 21.5 Å². The molecule has 0 aliphatic carbocycles. The van der Waals surface area contributed by atoms with E-state index in [1.54, 1.807) is 48.5 Å². The first-order chi connectivity index (χ1) is 24.9. The van der Waals surface area contributed by atoms with Gasteiger partial charge in [-0.2, -0.15) is 0 Å². The zero-order valence-electron chi connectivity index (χ0n) is 28.9. The Hall–Kier alpha value is -6.70. The topological polar surface area (TPSA) is 182 Å². The Labute approximate surface area is 298 Å². The van der Waals surface area contributed by atoms with Gasteiger partial charge in [0, 0.05) is 22.3 Å². The Morgan fingerprint density at radius 3 is 1.31 bits per heavy atom. The maximum absolute atomic E-state index is 13.3. The number of ether oxygens (including phenoxy) is 6. The van der Waals surface area contributed by atoms with Crippen molar-refractivity contribution in [3.63, 3.8) is 0 Å². The number of esters is 4. The molecule has 0 unspecified atom stereocenters. The second-order valence-electron chi connectivity index (χ2n) is 11.1. The van der Waals surface area contributed by atoms with E-state index in [-0.39, 0.29) is 71.2 Å². The number of amides is 2. The maximum atomic E-state index is 13.3. The highest BCUT2D eigenvalue weighted by Crippen LogP contribution is 2.49. The molecule has 52 heavy (non-hydrogen) atoms. The third-order valence-corrected chi connectivity index (χ3v) is 7.36. The number of hydrogen-bond acceptors (Lipinski definition) is 12. The van der Waals surface area contributed by atoms with Gasteiger partial charge in [0.05, 0.1) is 27.3 Å². The molecule has 0 heterocycles. The SMILES string of the molecule is C=C(C)C(=O)OCCNC(=O)Oc1c(C(=O)OC)cc2ccccc2c1-c1c(OC(=O)NCCOC(=O)C(=C)C)c(C(=O)OC)cc2ccccc12. The van der Waals surface area contributed by atoms with Gasteiger partial charge in [0.15, 0.2) is 11.5 Å². The van der Waals surface area contributed by atoms with Crippen molar-refractivity contribution in [2.75, 3.05) is 40.5 Å². The predicted molar refractivity (Wildman–Crippen MR) is 189 cm³/mol. The molecule has 2 amide bonds. The predicted octanol–water partition coefficient (Wildman–Crippen LogP) is 5.65. The monoisotopic (exact) mass is 712 g/mol. The van der Waals surface area contributed by atoms with E-state index in [1.807, 2.05) is 0 Å². The standard InChI is InChI=1S/C38H36N2O12/c1-21(2)33(41)49-17-15-39-37(45)51-31-27(35(43)47-5)19-23-11-7-9-13-25(23)29(31)30-26-14-10-8-12-24(26)20-28(36(44)48-6)32(30)52-38(46)40-16-18-50-34(42)22(3)4/h7-14,19-20H,1,3,15-18H2,2,4-6H3,(H,39,45)(H,40,46). The number of hydrogen-bond donors (Lipinski definition) is 2. The van der Waals surface area contributed by atoms with Crippen molar-refractivity contribution in [1.82, 2.24) is 10.6 Å². The van der Waals surface area contributed by atoms with Gasteiger partial charge >= 0.3 is 36.1 Å². The van der Waals surface area contributed by atoms with Crippen molar-refractivity contribution in [2.24, 2.45) is 0 Å². The molecule has 0 saturated heterocycles. The lowest BCUT2D eigenvalue weighted by atomic mass is 9.88. The lowest BCUT2D eigenvalue weighted by Crippen LogP contribution is -2.32. The van der Waals surface area contributed by atoms with Gasteiger partial charge in [-0.1, -0.05) is 61.7 Å². The number of nitrogens with one attached hydrogen (secondary N) is 2. The summed E-state index contributed by atoms with van der Waals surface area (Å²) in [5.74, 6) is -3.65. The molecule has 0 atom stereocenters. The summed E-state index contributed by atoms with van der Waals surface area (Å²) in [5.41, 5.74) is 0.158. The molecule has 0 fully saturated rings. The molecule has 2 N–H and O–H groups in total. The van der Waals surface area contributed by atoms with E-state index in [9.17, 15) is 28.8 Å². The van der Waals surface area contributed by atoms with Gasteiger partial charge < -0.3 is 39.1 Å². The van der Waals surface area contributed by atoms with Crippen LogP contribution in [0.4, 0.5) is 9.59 Å². The van der Waals surface area contributed by atoms with Crippen molar-refractivity contribution >= 4 is 57.6 Å². The summed E-state index contributed by atoms with van der Waals surface area (Å²) in [6.07, 6.45) is -2.07. The molecule has 4 aromatic carbocycles. The van der Waals surface area contributed by atoms with Crippen LogP contribution in [0.3, 0.4) is 0 Å². The van der Waals surface area contributed by atoms with E-state index in [0.717, 1.165) is 14.2 Å². The van der Waals surface area contributed by atoms with Crippen LogP contribution in [0.15, 0.2) is 85.0 Å². The van der Waals surface area contributed by atoms with E-state index >= 15 is 0 Å². The normalized spacial score (nSPS) is 10.5. The number of fused-ring (bicyclic) bond motifs is 2. The summed E-state index contributed by atoms with van der Waals surface area (Å²) in [7, 11) is 2.30. The Balaban J connectivity index is 1.94. The fourth-order valence-electron chi connectivity index (χ4n) is 4.99. The van der Waals surface area contributed by atoms with Crippen LogP contribution in [-0.2, 0) is 28.5 Å². The Bertz CT molecular complexity index is 1950. The molecule has 4 rings (SSSR count). The Morgan fingerprint density at radius 2 is 0.962 bits per heavy atom. The molecule has 0 bridgehead atoms. The van der Waals surface area contributed by atoms with Crippen molar-refractivity contribution in [3.05, 3.63) is 96.1 Å². The van der Waals surface area contributed by atoms with Gasteiger partial charge in [0.1, 0.15) is 24.3 Å². The summed E-state index contributed by atoms with van der Waals surface area (Å²) >= 11 is 0. The van der Waals surface area contributed by atoms with Crippen molar-refractivity contribution in [2.45, 2.75) is 13.8 Å². The quantitative estimate of drug-likeness (QED) is 0.0754. The van der Waals surface area contributed by atoms with Crippen LogP contribution in [0, 0.1) is 0 Å². The second-order valence-corrected chi connectivity index (χ2v) is 11.1. The van der Waals surface area contributed by atoms with Crippen LogP contribution in [0.2, 0.25) is 0 Å². The highest BCUT2D eigenvalue weighted by atomic mass is 16.6. The average molecular weight is 713 g/mol. The number of carbonyl (C=O) groups is 6. The third-order valence-electron chi connectivity index (χ3n) is 7.36. The summed E-state index contributed by atoms with van der Waals surface area (Å²) in [6, 6.07) is 16.6. The molecule has 0 saturated carbocycles. The number of methoxy groups -OCH3 is 2. The molecular formula is C38H36N2O12. The van der Waals surface area contributed by atoms with Crippen LogP contribution >= 0.6 is 0 Å². The second kappa shape index (κ2) is 17.3. The van der Waals surface area contributed by atoms with Gasteiger partial charge in [0.25, 0.3) is 0 Å². The number of carbonyl (C=O) groups excluding carboxylic acids is 6. The highest BCUT2D eigenvalue weighted by Gasteiger charge is 2.31. The first-order valence-corrected chi connectivity index (χ1v) is 15.7. The Morgan fingerprint density at radius 1 is 0.596 bits per heavy atom. The summed E-state index contributed by atoms with van der Waals surface area (Å²) in [4.78, 5) is 76.8. The molecule has 0 spiro atoms. The van der Waals surface area contributed by atoms with E-state index in [2.05, 4.69) is 23.8 Å². The van der Waals surface area contributed by atoms with E-state index in [1.165, 1.54) is 26.0 Å². The minimum atomic E-state index is -1.04. The van der Waals surface area contributed by atoms with Gasteiger partial charge in [-0.15, -0.1) is 0 Å². The summed E-state index contributed by atoms with van der Waals surface area (Å²) in [5, 5.41) is 6.80. The maximum Gasteiger partial charge on any atom is 0.412 e. The van der Waals surface area contributed by atoms with Crippen LogP contribution in [0.1, 0.15) is 34.6 Å². The first-order valence-electron chi connectivity index (χ1n) is 15.7. The van der Waals surface area contributed by atoms with Gasteiger partial charge in [-0.25, -0.2) is 28.8 Å². The molecule has 0 aliphatic heterocycles. The van der Waals surface area contributed by atoms with Gasteiger partial charge in [-0.05, 0) is 47.5 Å². The molecule has 270 valence electrons. The number of rotatable bonds is 13. The fraction of sp³-hybridized carbons (Fsp3) is 0.211. The molecule has 0 radical (unpaired) electrons. The first kappa shape index (κ1) is 38.1. The molecule has 14 nitrogen and oxygen atoms in total. The lowest BCUT2D eigenvalue weighted by Gasteiger charge is -2.22. The molecule has 0 aromatic heterocycles. The fourth-order valence-corrected chi connectivity index (χ4v) is 4.99. The Kier molecular flexibility index (Phi) is 12.7. The van der Waals surface area contributed by atoms with Crippen LogP contribution < -0.4 is 20.1 Å². The minimum Gasteiger partial charge on any atom is -0.465 e. The summed E-state index contributed by atoms with van der Waals surface area (Å²) < 4.78 is 31.9. The van der Waals surface area contributed by atoms with Crippen molar-refractivity contribution in [1.29, 1.82) is 0 Å². The van der Waals surface area contributed by atoms with Crippen LogP contribution in [0.25, 0.3) is 32.7 Å². The molecule has 14 heteroatoms. The molecular weight excluding hydrogens is 676 g/mol. The largest absolute Gasteiger partial charge is 0.465 e. The van der Waals surface area contributed by atoms with Crippen molar-refractivity contribution < 1.29 is 57.2 Å².